The number of nitrogens with one attached hydrogen (secondary N) is 1. The van der Waals surface area contributed by atoms with Crippen molar-refractivity contribution in [2.45, 2.75) is 32.5 Å². The standard InChI is InChI=1S/C21H22Cl2N4OS/c1-13(2)11-27-20(15-5-8-16(22)9-6-15)25-26-21(27)29-12-19(28)24-18-10-17(23)7-4-14(18)3/h4-10,13H,11-12H2,1-3H3,(H,24,28). The molecular weight excluding hydrogens is 427 g/mol. The zero-order valence-corrected chi connectivity index (χ0v) is 18.8. The highest BCUT2D eigenvalue weighted by molar-refractivity contribution is 7.99. The second-order valence-corrected chi connectivity index (χ2v) is 8.93. The van der Waals surface area contributed by atoms with Crippen LogP contribution in [0.25, 0.3) is 11.4 Å². The van der Waals surface area contributed by atoms with Gasteiger partial charge in [-0.3, -0.25) is 4.79 Å². The van der Waals surface area contributed by atoms with Crippen molar-refractivity contribution in [3.05, 3.63) is 58.1 Å². The third-order valence-corrected chi connectivity index (χ3v) is 5.63. The Hall–Kier alpha value is -2.02. The van der Waals surface area contributed by atoms with Gasteiger partial charge in [-0.2, -0.15) is 0 Å². The number of rotatable bonds is 7. The number of amides is 1. The van der Waals surface area contributed by atoms with Gasteiger partial charge < -0.3 is 9.88 Å². The van der Waals surface area contributed by atoms with Gasteiger partial charge in [-0.25, -0.2) is 0 Å². The SMILES string of the molecule is Cc1ccc(Cl)cc1NC(=O)CSc1nnc(-c2ccc(Cl)cc2)n1CC(C)C. The molecule has 0 aliphatic carbocycles. The number of hydrogen-bond acceptors (Lipinski definition) is 4. The van der Waals surface area contributed by atoms with Crippen molar-refractivity contribution >= 4 is 46.6 Å². The van der Waals surface area contributed by atoms with Crippen molar-refractivity contribution in [1.82, 2.24) is 14.8 Å². The monoisotopic (exact) mass is 448 g/mol. The van der Waals surface area contributed by atoms with Gasteiger partial charge >= 0.3 is 0 Å². The molecule has 0 bridgehead atoms. The van der Waals surface area contributed by atoms with Crippen molar-refractivity contribution in [3.63, 3.8) is 0 Å². The summed E-state index contributed by atoms with van der Waals surface area (Å²) in [6, 6.07) is 12.9. The summed E-state index contributed by atoms with van der Waals surface area (Å²) >= 11 is 13.4. The molecule has 152 valence electrons. The highest BCUT2D eigenvalue weighted by Crippen LogP contribution is 2.27. The zero-order valence-electron chi connectivity index (χ0n) is 16.4. The fourth-order valence-electron chi connectivity index (χ4n) is 2.78. The number of halogens is 2. The Bertz CT molecular complexity index is 1000. The third kappa shape index (κ3) is 5.75. The summed E-state index contributed by atoms with van der Waals surface area (Å²) < 4.78 is 2.05. The largest absolute Gasteiger partial charge is 0.325 e. The van der Waals surface area contributed by atoms with Crippen LogP contribution in [0.3, 0.4) is 0 Å². The Kier molecular flexibility index (Phi) is 7.22. The first-order valence-corrected chi connectivity index (χ1v) is 11.0. The molecule has 0 radical (unpaired) electrons. The van der Waals surface area contributed by atoms with Gasteiger partial charge in [0.1, 0.15) is 0 Å². The van der Waals surface area contributed by atoms with E-state index >= 15 is 0 Å². The van der Waals surface area contributed by atoms with E-state index in [2.05, 4.69) is 33.9 Å². The summed E-state index contributed by atoms with van der Waals surface area (Å²) in [6.45, 7) is 6.95. The molecule has 5 nitrogen and oxygen atoms in total. The molecule has 0 aliphatic heterocycles. The Morgan fingerprint density at radius 1 is 1.10 bits per heavy atom. The Balaban J connectivity index is 1.75. The molecule has 0 saturated heterocycles. The normalized spacial score (nSPS) is 11.1. The molecule has 0 spiro atoms. The molecule has 29 heavy (non-hydrogen) atoms. The molecule has 8 heteroatoms. The van der Waals surface area contributed by atoms with Crippen molar-refractivity contribution in [2.24, 2.45) is 5.92 Å². The van der Waals surface area contributed by atoms with Gasteiger partial charge in [0.15, 0.2) is 11.0 Å². The molecule has 0 saturated carbocycles. The van der Waals surface area contributed by atoms with Crippen LogP contribution in [0.15, 0.2) is 47.6 Å². The van der Waals surface area contributed by atoms with Crippen molar-refractivity contribution in [1.29, 1.82) is 0 Å². The van der Waals surface area contributed by atoms with Crippen LogP contribution >= 0.6 is 35.0 Å². The fraction of sp³-hybridized carbons (Fsp3) is 0.286. The minimum atomic E-state index is -0.118. The van der Waals surface area contributed by atoms with Gasteiger partial charge in [0.25, 0.3) is 0 Å². The van der Waals surface area contributed by atoms with Gasteiger partial charge in [0.05, 0.1) is 5.75 Å². The molecular formula is C21H22Cl2N4OS. The van der Waals surface area contributed by atoms with E-state index < -0.39 is 0 Å². The molecule has 0 atom stereocenters. The van der Waals surface area contributed by atoms with Crippen LogP contribution in [-0.4, -0.2) is 26.4 Å². The van der Waals surface area contributed by atoms with Crippen LogP contribution in [0.2, 0.25) is 10.0 Å². The van der Waals surface area contributed by atoms with Crippen molar-refractivity contribution < 1.29 is 4.79 Å². The minimum absolute atomic E-state index is 0.118. The highest BCUT2D eigenvalue weighted by atomic mass is 35.5. The summed E-state index contributed by atoms with van der Waals surface area (Å²) in [5.41, 5.74) is 2.61. The van der Waals surface area contributed by atoms with Crippen LogP contribution in [0.5, 0.6) is 0 Å². The number of aryl methyl sites for hydroxylation is 1. The Morgan fingerprint density at radius 3 is 2.48 bits per heavy atom. The molecule has 0 aliphatic rings. The fourth-order valence-corrected chi connectivity index (χ4v) is 3.83. The number of aromatic nitrogens is 3. The van der Waals surface area contributed by atoms with E-state index in [1.807, 2.05) is 37.3 Å². The van der Waals surface area contributed by atoms with Crippen molar-refractivity contribution in [2.75, 3.05) is 11.1 Å². The van der Waals surface area contributed by atoms with Crippen LogP contribution in [0.1, 0.15) is 19.4 Å². The molecule has 1 N–H and O–H groups in total. The first-order chi connectivity index (χ1) is 13.8. The highest BCUT2D eigenvalue weighted by Gasteiger charge is 2.17. The number of hydrogen-bond donors (Lipinski definition) is 1. The van der Waals surface area contributed by atoms with Crippen LogP contribution in [0.4, 0.5) is 5.69 Å². The first kappa shape index (κ1) is 21.7. The van der Waals surface area contributed by atoms with Crippen LogP contribution in [-0.2, 0) is 11.3 Å². The zero-order chi connectivity index (χ0) is 21.0. The van der Waals surface area contributed by atoms with Crippen LogP contribution in [0, 0.1) is 12.8 Å². The summed E-state index contributed by atoms with van der Waals surface area (Å²) in [5.74, 6) is 1.28. The molecule has 3 rings (SSSR count). The van der Waals surface area contributed by atoms with Gasteiger partial charge in [0.2, 0.25) is 5.91 Å². The smallest absolute Gasteiger partial charge is 0.234 e. The van der Waals surface area contributed by atoms with Crippen LogP contribution < -0.4 is 5.32 Å². The molecule has 2 aromatic carbocycles. The summed E-state index contributed by atoms with van der Waals surface area (Å²) in [7, 11) is 0. The molecule has 0 unspecified atom stereocenters. The Labute approximate surface area is 184 Å². The minimum Gasteiger partial charge on any atom is -0.325 e. The van der Waals surface area contributed by atoms with Gasteiger partial charge in [0, 0.05) is 27.8 Å². The van der Waals surface area contributed by atoms with E-state index in [0.717, 1.165) is 23.5 Å². The molecule has 3 aromatic rings. The number of benzene rings is 2. The maximum absolute atomic E-state index is 12.4. The maximum atomic E-state index is 12.4. The lowest BCUT2D eigenvalue weighted by Gasteiger charge is -2.13. The van der Waals surface area contributed by atoms with Gasteiger partial charge in [-0.1, -0.05) is 54.9 Å². The van der Waals surface area contributed by atoms with Crippen molar-refractivity contribution in [3.8, 4) is 11.4 Å². The van der Waals surface area contributed by atoms with E-state index in [4.69, 9.17) is 23.2 Å². The van der Waals surface area contributed by atoms with E-state index in [1.165, 1.54) is 11.8 Å². The molecule has 1 aromatic heterocycles. The quantitative estimate of drug-likeness (QED) is 0.453. The van der Waals surface area contributed by atoms with E-state index in [1.54, 1.807) is 12.1 Å². The number of anilines is 1. The number of carbonyl (C=O) groups is 1. The Morgan fingerprint density at radius 2 is 1.79 bits per heavy atom. The summed E-state index contributed by atoms with van der Waals surface area (Å²) in [6.07, 6.45) is 0. The first-order valence-electron chi connectivity index (χ1n) is 9.21. The number of thioether (sulfide) groups is 1. The lowest BCUT2D eigenvalue weighted by molar-refractivity contribution is -0.113. The van der Waals surface area contributed by atoms with Gasteiger partial charge in [-0.05, 0) is 54.8 Å². The van der Waals surface area contributed by atoms with E-state index in [9.17, 15) is 4.79 Å². The second kappa shape index (κ2) is 9.65. The lowest BCUT2D eigenvalue weighted by Crippen LogP contribution is -2.16. The maximum Gasteiger partial charge on any atom is 0.234 e. The van der Waals surface area contributed by atoms with Gasteiger partial charge in [-0.15, -0.1) is 10.2 Å². The topological polar surface area (TPSA) is 59.8 Å². The molecule has 1 heterocycles. The van der Waals surface area contributed by atoms with E-state index in [0.29, 0.717) is 26.8 Å². The average molecular weight is 449 g/mol. The molecule has 1 amide bonds. The number of carbonyl (C=O) groups excluding carboxylic acids is 1. The third-order valence-electron chi connectivity index (χ3n) is 4.17. The predicted octanol–water partition coefficient (Wildman–Crippen LogP) is 5.95. The number of nitrogens with zero attached hydrogens (tertiary/aromatic N) is 3. The molecule has 0 fully saturated rings. The summed E-state index contributed by atoms with van der Waals surface area (Å²) in [4.78, 5) is 12.4. The second-order valence-electron chi connectivity index (χ2n) is 7.11. The average Bonchev–Trinajstić information content (AvgIpc) is 3.05. The lowest BCUT2D eigenvalue weighted by atomic mass is 10.2. The summed E-state index contributed by atoms with van der Waals surface area (Å²) in [5, 5.41) is 13.6. The van der Waals surface area contributed by atoms with E-state index in [-0.39, 0.29) is 11.7 Å². The predicted molar refractivity (Wildman–Crippen MR) is 121 cm³/mol.